The number of hydrogen-bond acceptors (Lipinski definition) is 6. The molecule has 4 aromatic rings. The molecule has 1 fully saturated rings. The maximum absolute atomic E-state index is 13.7. The van der Waals surface area contributed by atoms with Crippen LogP contribution in [0.15, 0.2) is 47.3 Å². The number of para-hydroxylation sites is 1. The third-order valence-electron chi connectivity index (χ3n) is 7.62. The van der Waals surface area contributed by atoms with Crippen LogP contribution in [0.1, 0.15) is 53.9 Å². The zero-order chi connectivity index (χ0) is 24.1. The van der Waals surface area contributed by atoms with Crippen LogP contribution in [0.2, 0.25) is 0 Å². The molecule has 0 amide bonds. The van der Waals surface area contributed by atoms with Gasteiger partial charge in [0.1, 0.15) is 6.04 Å². The quantitative estimate of drug-likeness (QED) is 0.477. The first-order chi connectivity index (χ1) is 17.0. The van der Waals surface area contributed by atoms with Crippen LogP contribution in [0.4, 0.5) is 5.69 Å². The van der Waals surface area contributed by atoms with Crippen molar-refractivity contribution in [3.8, 4) is 0 Å². The van der Waals surface area contributed by atoms with E-state index >= 15 is 0 Å². The molecule has 1 N–H and O–H groups in total. The number of pyridine rings is 1. The van der Waals surface area contributed by atoms with Crippen LogP contribution in [0.3, 0.4) is 0 Å². The lowest BCUT2D eigenvalue weighted by molar-refractivity contribution is 0.0924. The zero-order valence-electron chi connectivity index (χ0n) is 20.4. The summed E-state index contributed by atoms with van der Waals surface area (Å²) in [6.45, 7) is 7.65. The number of aromatic amines is 1. The Bertz CT molecular complexity index is 1450. The Hall–Kier alpha value is -3.52. The minimum Gasteiger partial charge on any atom is -0.376 e. The van der Waals surface area contributed by atoms with E-state index in [4.69, 9.17) is 4.74 Å². The van der Waals surface area contributed by atoms with Crippen LogP contribution in [0.25, 0.3) is 10.9 Å². The fourth-order valence-corrected chi connectivity index (χ4v) is 5.66. The Morgan fingerprint density at radius 2 is 2.06 bits per heavy atom. The number of anilines is 1. The van der Waals surface area contributed by atoms with Crippen molar-refractivity contribution < 1.29 is 4.74 Å². The summed E-state index contributed by atoms with van der Waals surface area (Å²) in [6.07, 6.45) is 3.03. The molecule has 1 saturated heterocycles. The van der Waals surface area contributed by atoms with Crippen molar-refractivity contribution in [1.82, 2.24) is 25.2 Å². The summed E-state index contributed by atoms with van der Waals surface area (Å²) < 4.78 is 7.71. The van der Waals surface area contributed by atoms with Gasteiger partial charge in [-0.15, -0.1) is 5.10 Å². The zero-order valence-corrected chi connectivity index (χ0v) is 20.4. The van der Waals surface area contributed by atoms with Gasteiger partial charge in [0.15, 0.2) is 5.82 Å². The SMILES string of the molecule is Cc1ccc2cc([C@@H](c3nnnn3C[C@H]3CCCO3)N3c4ccccc4C[C@@H]3C)c(=O)[nH]c2c1C. The normalized spacial score (nSPS) is 20.5. The van der Waals surface area contributed by atoms with E-state index in [0.29, 0.717) is 17.9 Å². The summed E-state index contributed by atoms with van der Waals surface area (Å²) >= 11 is 0. The highest BCUT2D eigenvalue weighted by Crippen LogP contribution is 2.40. The van der Waals surface area contributed by atoms with Gasteiger partial charge >= 0.3 is 0 Å². The molecule has 0 radical (unpaired) electrons. The lowest BCUT2D eigenvalue weighted by Crippen LogP contribution is -2.39. The molecule has 0 bridgehead atoms. The molecule has 2 aromatic heterocycles. The van der Waals surface area contributed by atoms with E-state index in [0.717, 1.165) is 53.6 Å². The summed E-state index contributed by atoms with van der Waals surface area (Å²) in [4.78, 5) is 19.2. The number of tetrazole rings is 1. The summed E-state index contributed by atoms with van der Waals surface area (Å²) in [5, 5.41) is 13.9. The molecule has 4 heterocycles. The average molecular weight is 471 g/mol. The fraction of sp³-hybridized carbons (Fsp3) is 0.407. The van der Waals surface area contributed by atoms with Gasteiger partial charge in [-0.3, -0.25) is 4.79 Å². The monoisotopic (exact) mass is 470 g/mol. The summed E-state index contributed by atoms with van der Waals surface area (Å²) in [5.41, 5.74) is 6.05. The van der Waals surface area contributed by atoms with Gasteiger partial charge in [-0.1, -0.05) is 30.3 Å². The molecule has 0 unspecified atom stereocenters. The molecule has 6 rings (SSSR count). The summed E-state index contributed by atoms with van der Waals surface area (Å²) in [6, 6.07) is 14.4. The third kappa shape index (κ3) is 3.72. The van der Waals surface area contributed by atoms with E-state index in [1.807, 2.05) is 23.7 Å². The Morgan fingerprint density at radius 3 is 2.89 bits per heavy atom. The maximum atomic E-state index is 13.7. The predicted octanol–water partition coefficient (Wildman–Crippen LogP) is 3.85. The molecule has 180 valence electrons. The second-order valence-corrected chi connectivity index (χ2v) is 9.87. The van der Waals surface area contributed by atoms with Crippen molar-refractivity contribution in [1.29, 1.82) is 0 Å². The number of aryl methyl sites for hydroxylation is 2. The third-order valence-corrected chi connectivity index (χ3v) is 7.62. The number of hydrogen-bond donors (Lipinski definition) is 1. The number of nitrogens with zero attached hydrogens (tertiary/aromatic N) is 5. The van der Waals surface area contributed by atoms with E-state index in [9.17, 15) is 4.79 Å². The molecule has 2 aliphatic heterocycles. The molecular formula is C27H30N6O2. The van der Waals surface area contributed by atoms with Gasteiger partial charge in [0, 0.05) is 23.9 Å². The van der Waals surface area contributed by atoms with Crippen LogP contribution in [-0.2, 0) is 17.7 Å². The average Bonchev–Trinajstić information content (AvgIpc) is 3.59. The second kappa shape index (κ2) is 8.61. The van der Waals surface area contributed by atoms with Gasteiger partial charge in [0.05, 0.1) is 18.2 Å². The number of aromatic nitrogens is 5. The van der Waals surface area contributed by atoms with Gasteiger partial charge in [0.2, 0.25) is 0 Å². The van der Waals surface area contributed by atoms with Crippen LogP contribution in [0, 0.1) is 13.8 Å². The minimum atomic E-state index is -0.431. The van der Waals surface area contributed by atoms with Crippen molar-refractivity contribution in [2.24, 2.45) is 0 Å². The molecule has 8 nitrogen and oxygen atoms in total. The second-order valence-electron chi connectivity index (χ2n) is 9.87. The Kier molecular flexibility index (Phi) is 5.40. The Labute approximate surface area is 203 Å². The van der Waals surface area contributed by atoms with Crippen molar-refractivity contribution in [3.63, 3.8) is 0 Å². The predicted molar refractivity (Wildman–Crippen MR) is 135 cm³/mol. The van der Waals surface area contributed by atoms with E-state index in [-0.39, 0.29) is 17.7 Å². The number of rotatable bonds is 5. The number of benzene rings is 2. The van der Waals surface area contributed by atoms with Gasteiger partial charge in [-0.05, 0) is 84.7 Å². The van der Waals surface area contributed by atoms with Gasteiger partial charge in [-0.25, -0.2) is 4.68 Å². The molecule has 2 aromatic carbocycles. The first kappa shape index (κ1) is 22.0. The minimum absolute atomic E-state index is 0.0849. The Balaban J connectivity index is 1.54. The van der Waals surface area contributed by atoms with Gasteiger partial charge in [-0.2, -0.15) is 0 Å². The highest BCUT2D eigenvalue weighted by Gasteiger charge is 2.38. The number of ether oxygens (including phenoxy) is 1. The molecular weight excluding hydrogens is 440 g/mol. The van der Waals surface area contributed by atoms with E-state index in [1.165, 1.54) is 5.56 Å². The molecule has 2 aliphatic rings. The summed E-state index contributed by atoms with van der Waals surface area (Å²) in [5.74, 6) is 0.665. The van der Waals surface area contributed by atoms with Crippen molar-refractivity contribution in [3.05, 3.63) is 80.9 Å². The van der Waals surface area contributed by atoms with E-state index < -0.39 is 6.04 Å². The van der Waals surface area contributed by atoms with Gasteiger partial charge < -0.3 is 14.6 Å². The molecule has 0 saturated carbocycles. The number of nitrogens with one attached hydrogen (secondary N) is 1. The standard InChI is InChI=1S/C27H30N6O2/c1-16-10-11-20-14-22(27(34)28-24(20)18(16)3)25(33-17(2)13-19-7-4-5-9-23(19)33)26-29-30-31-32(26)15-21-8-6-12-35-21/h4-5,7,9-11,14,17,21,25H,6,8,12-13,15H2,1-3H3,(H,28,34)/t17-,21+,25-/m0/s1. The first-order valence-electron chi connectivity index (χ1n) is 12.4. The highest BCUT2D eigenvalue weighted by molar-refractivity contribution is 5.83. The smallest absolute Gasteiger partial charge is 0.254 e. The first-order valence-corrected chi connectivity index (χ1v) is 12.4. The van der Waals surface area contributed by atoms with Crippen molar-refractivity contribution >= 4 is 16.6 Å². The van der Waals surface area contributed by atoms with E-state index in [2.05, 4.69) is 69.6 Å². The highest BCUT2D eigenvalue weighted by atomic mass is 16.5. The molecule has 0 aliphatic carbocycles. The Morgan fingerprint density at radius 1 is 1.20 bits per heavy atom. The number of H-pyrrole nitrogens is 1. The number of fused-ring (bicyclic) bond motifs is 2. The molecule has 35 heavy (non-hydrogen) atoms. The largest absolute Gasteiger partial charge is 0.376 e. The maximum Gasteiger partial charge on any atom is 0.254 e. The molecule has 0 spiro atoms. The van der Waals surface area contributed by atoms with E-state index in [1.54, 1.807) is 0 Å². The molecule has 3 atom stereocenters. The molecule has 8 heteroatoms. The van der Waals surface area contributed by atoms with Crippen molar-refractivity contribution in [2.45, 2.75) is 64.8 Å². The van der Waals surface area contributed by atoms with Crippen LogP contribution in [0.5, 0.6) is 0 Å². The van der Waals surface area contributed by atoms with Crippen LogP contribution < -0.4 is 10.5 Å². The van der Waals surface area contributed by atoms with Gasteiger partial charge in [0.25, 0.3) is 5.56 Å². The summed E-state index contributed by atoms with van der Waals surface area (Å²) in [7, 11) is 0. The van der Waals surface area contributed by atoms with Crippen LogP contribution >= 0.6 is 0 Å². The topological polar surface area (TPSA) is 88.9 Å². The van der Waals surface area contributed by atoms with Crippen LogP contribution in [-0.4, -0.2) is 43.9 Å². The fourth-order valence-electron chi connectivity index (χ4n) is 5.66. The lowest BCUT2D eigenvalue weighted by atomic mass is 9.99. The van der Waals surface area contributed by atoms with Crippen molar-refractivity contribution in [2.75, 3.05) is 11.5 Å². The lowest BCUT2D eigenvalue weighted by Gasteiger charge is -2.33.